The van der Waals surface area contributed by atoms with Crippen molar-refractivity contribution in [1.82, 2.24) is 0 Å². The third kappa shape index (κ3) is 5.11. The molecule has 4 N–H and O–H groups in total. The molecule has 0 spiro atoms. The van der Waals surface area contributed by atoms with Crippen LogP contribution in [0, 0.1) is 0 Å². The molecule has 1 aromatic rings. The van der Waals surface area contributed by atoms with Gasteiger partial charge < -0.3 is 11.5 Å². The minimum absolute atomic E-state index is 0.101. The summed E-state index contributed by atoms with van der Waals surface area (Å²) in [5.74, 6) is 0. The zero-order valence-electron chi connectivity index (χ0n) is 11.1. The van der Waals surface area contributed by atoms with E-state index in [4.69, 9.17) is 11.5 Å². The highest BCUT2D eigenvalue weighted by Gasteiger charge is 2.17. The molecule has 0 fully saturated rings. The molecular formula is C14H24N2S. The lowest BCUT2D eigenvalue weighted by Crippen LogP contribution is -2.15. The van der Waals surface area contributed by atoms with Crippen LogP contribution >= 0.6 is 11.8 Å². The topological polar surface area (TPSA) is 52.0 Å². The molecule has 0 aromatic heterocycles. The van der Waals surface area contributed by atoms with Gasteiger partial charge in [0.25, 0.3) is 0 Å². The van der Waals surface area contributed by atoms with Crippen molar-refractivity contribution in [3.63, 3.8) is 0 Å². The van der Waals surface area contributed by atoms with Gasteiger partial charge in [-0.05, 0) is 31.0 Å². The normalized spacial score (nSPS) is 13.7. The van der Waals surface area contributed by atoms with E-state index in [9.17, 15) is 0 Å². The van der Waals surface area contributed by atoms with Gasteiger partial charge in [-0.1, -0.05) is 39.0 Å². The average Bonchev–Trinajstić information content (AvgIpc) is 2.24. The minimum Gasteiger partial charge on any atom is -0.330 e. The van der Waals surface area contributed by atoms with Crippen LogP contribution in [0.2, 0.25) is 0 Å². The molecule has 0 bridgehead atoms. The van der Waals surface area contributed by atoms with E-state index in [-0.39, 0.29) is 10.8 Å². The van der Waals surface area contributed by atoms with Gasteiger partial charge in [0.05, 0.1) is 0 Å². The smallest absolute Gasteiger partial charge is 0.0306 e. The Morgan fingerprint density at radius 2 is 1.88 bits per heavy atom. The van der Waals surface area contributed by atoms with Gasteiger partial charge >= 0.3 is 0 Å². The zero-order valence-corrected chi connectivity index (χ0v) is 11.9. The largest absolute Gasteiger partial charge is 0.330 e. The molecule has 1 aromatic carbocycles. The standard InChI is InChI=1S/C14H24N2S/c1-14(2,3)17-13-9-5-4-7-11(13)12(16)8-6-10-15/h4-5,7,9,12H,6,8,10,15-16H2,1-3H3/t12-/m1/s1. The molecule has 17 heavy (non-hydrogen) atoms. The average molecular weight is 252 g/mol. The van der Waals surface area contributed by atoms with E-state index in [2.05, 4.69) is 45.0 Å². The third-order valence-electron chi connectivity index (χ3n) is 2.45. The van der Waals surface area contributed by atoms with Crippen molar-refractivity contribution in [3.8, 4) is 0 Å². The van der Waals surface area contributed by atoms with Gasteiger partial charge in [0.2, 0.25) is 0 Å². The van der Waals surface area contributed by atoms with E-state index in [1.165, 1.54) is 10.5 Å². The number of hydrogen-bond donors (Lipinski definition) is 2. The molecule has 96 valence electrons. The highest BCUT2D eigenvalue weighted by Crippen LogP contribution is 2.36. The summed E-state index contributed by atoms with van der Waals surface area (Å²) < 4.78 is 0.212. The Labute approximate surface area is 109 Å². The molecule has 1 atom stereocenters. The summed E-state index contributed by atoms with van der Waals surface area (Å²) in [7, 11) is 0. The Hall–Kier alpha value is -0.510. The fourth-order valence-corrected chi connectivity index (χ4v) is 2.85. The van der Waals surface area contributed by atoms with Crippen LogP contribution in [0.15, 0.2) is 29.2 Å². The lowest BCUT2D eigenvalue weighted by Gasteiger charge is -2.22. The highest BCUT2D eigenvalue weighted by molar-refractivity contribution is 8.00. The first-order valence-corrected chi connectivity index (χ1v) is 6.99. The van der Waals surface area contributed by atoms with Crippen LogP contribution in [0.25, 0.3) is 0 Å². The Morgan fingerprint density at radius 1 is 1.24 bits per heavy atom. The number of benzene rings is 1. The predicted octanol–water partition coefficient (Wildman–Crippen LogP) is 3.32. The Morgan fingerprint density at radius 3 is 2.47 bits per heavy atom. The third-order valence-corrected chi connectivity index (χ3v) is 3.66. The monoisotopic (exact) mass is 252 g/mol. The Kier molecular flexibility index (Phi) is 5.50. The molecule has 0 aliphatic carbocycles. The summed E-state index contributed by atoms with van der Waals surface area (Å²) >= 11 is 1.88. The SMILES string of the molecule is CC(C)(C)Sc1ccccc1[C@H](N)CCCN. The molecule has 0 saturated carbocycles. The summed E-state index contributed by atoms with van der Waals surface area (Å²) in [5.41, 5.74) is 13.0. The molecule has 3 heteroatoms. The molecule has 0 amide bonds. The molecular weight excluding hydrogens is 228 g/mol. The molecule has 2 nitrogen and oxygen atoms in total. The fourth-order valence-electron chi connectivity index (χ4n) is 1.70. The summed E-state index contributed by atoms with van der Waals surface area (Å²) in [5, 5.41) is 0. The first kappa shape index (κ1) is 14.6. The van der Waals surface area contributed by atoms with Crippen LogP contribution < -0.4 is 11.5 Å². The van der Waals surface area contributed by atoms with Gasteiger partial charge in [-0.2, -0.15) is 0 Å². The van der Waals surface area contributed by atoms with Gasteiger partial charge in [-0.25, -0.2) is 0 Å². The molecule has 0 aliphatic rings. The maximum absolute atomic E-state index is 6.23. The van der Waals surface area contributed by atoms with Gasteiger partial charge in [-0.3, -0.25) is 0 Å². The summed E-state index contributed by atoms with van der Waals surface area (Å²) in [6.07, 6.45) is 1.94. The lowest BCUT2D eigenvalue weighted by molar-refractivity contribution is 0.609. The second kappa shape index (κ2) is 6.43. The minimum atomic E-state index is 0.101. The first-order chi connectivity index (χ1) is 7.94. The van der Waals surface area contributed by atoms with Crippen molar-refractivity contribution >= 4 is 11.8 Å². The van der Waals surface area contributed by atoms with E-state index in [1.807, 2.05) is 11.8 Å². The number of thioether (sulfide) groups is 1. The van der Waals surface area contributed by atoms with Gasteiger partial charge in [0.1, 0.15) is 0 Å². The van der Waals surface area contributed by atoms with Gasteiger partial charge in [0, 0.05) is 15.7 Å². The van der Waals surface area contributed by atoms with Crippen LogP contribution in [0.1, 0.15) is 45.2 Å². The Balaban J connectivity index is 2.83. The molecule has 0 aliphatic heterocycles. The Bertz CT molecular complexity index is 344. The highest BCUT2D eigenvalue weighted by atomic mass is 32.2. The van der Waals surface area contributed by atoms with Crippen LogP contribution in [0.4, 0.5) is 0 Å². The number of hydrogen-bond acceptors (Lipinski definition) is 3. The zero-order chi connectivity index (χ0) is 12.9. The molecule has 0 unspecified atom stereocenters. The summed E-state index contributed by atoms with van der Waals surface area (Å²) in [4.78, 5) is 1.30. The second-order valence-corrected chi connectivity index (χ2v) is 7.16. The number of nitrogens with two attached hydrogens (primary N) is 2. The van der Waals surface area contributed by atoms with Crippen LogP contribution in [-0.2, 0) is 0 Å². The summed E-state index contributed by atoms with van der Waals surface area (Å²) in [6, 6.07) is 8.53. The molecule has 0 heterocycles. The summed E-state index contributed by atoms with van der Waals surface area (Å²) in [6.45, 7) is 7.38. The van der Waals surface area contributed by atoms with Crippen molar-refractivity contribution in [2.24, 2.45) is 11.5 Å². The van der Waals surface area contributed by atoms with Crippen molar-refractivity contribution < 1.29 is 0 Å². The lowest BCUT2D eigenvalue weighted by atomic mass is 10.0. The maximum Gasteiger partial charge on any atom is 0.0306 e. The van der Waals surface area contributed by atoms with Crippen molar-refractivity contribution in [2.45, 2.75) is 49.3 Å². The molecule has 1 rings (SSSR count). The second-order valence-electron chi connectivity index (χ2n) is 5.29. The van der Waals surface area contributed by atoms with Gasteiger partial charge in [-0.15, -0.1) is 11.8 Å². The van der Waals surface area contributed by atoms with Crippen LogP contribution in [-0.4, -0.2) is 11.3 Å². The molecule has 0 saturated heterocycles. The molecule has 0 radical (unpaired) electrons. The van der Waals surface area contributed by atoms with Gasteiger partial charge in [0.15, 0.2) is 0 Å². The van der Waals surface area contributed by atoms with E-state index < -0.39 is 0 Å². The number of rotatable bonds is 5. The quantitative estimate of drug-likeness (QED) is 0.790. The fraction of sp³-hybridized carbons (Fsp3) is 0.571. The van der Waals surface area contributed by atoms with Crippen LogP contribution in [0.5, 0.6) is 0 Å². The van der Waals surface area contributed by atoms with Crippen LogP contribution in [0.3, 0.4) is 0 Å². The van der Waals surface area contributed by atoms with Crippen molar-refractivity contribution in [2.75, 3.05) is 6.54 Å². The maximum atomic E-state index is 6.23. The van der Waals surface area contributed by atoms with Crippen molar-refractivity contribution in [3.05, 3.63) is 29.8 Å². The van der Waals surface area contributed by atoms with E-state index >= 15 is 0 Å². The van der Waals surface area contributed by atoms with E-state index in [0.29, 0.717) is 6.54 Å². The first-order valence-electron chi connectivity index (χ1n) is 6.17. The van der Waals surface area contributed by atoms with E-state index in [0.717, 1.165) is 12.8 Å². The van der Waals surface area contributed by atoms with E-state index in [1.54, 1.807) is 0 Å². The van der Waals surface area contributed by atoms with Crippen molar-refractivity contribution in [1.29, 1.82) is 0 Å². The predicted molar refractivity (Wildman–Crippen MR) is 77.3 cm³/mol.